The van der Waals surface area contributed by atoms with Gasteiger partial charge in [-0.3, -0.25) is 4.79 Å². The molecule has 0 aromatic heterocycles. The number of aliphatic hydroxyl groups is 1. The highest BCUT2D eigenvalue weighted by atomic mass is 127. The first-order valence-electron chi connectivity index (χ1n) is 2.03. The van der Waals surface area contributed by atoms with Crippen molar-refractivity contribution < 1.29 is 9.90 Å². The van der Waals surface area contributed by atoms with E-state index in [0.29, 0.717) is 6.42 Å². The Morgan fingerprint density at radius 2 is 2.43 bits per heavy atom. The Kier molecular flexibility index (Phi) is 3.55. The Bertz CT molecular complexity index is 70.1. The van der Waals surface area contributed by atoms with Crippen molar-refractivity contribution in [3.8, 4) is 0 Å². The van der Waals surface area contributed by atoms with Crippen LogP contribution in [0.25, 0.3) is 0 Å². The minimum atomic E-state index is -0.803. The summed E-state index contributed by atoms with van der Waals surface area (Å²) in [6.07, 6.45) is 0.421. The lowest BCUT2D eigenvalue weighted by Crippen LogP contribution is -2.09. The number of alkyl halides is 1. The Balaban J connectivity index is 3.35. The summed E-state index contributed by atoms with van der Waals surface area (Å²) in [4.78, 5) is 10.3. The smallest absolute Gasteiger partial charge is 0.171 e. The van der Waals surface area contributed by atoms with Crippen LogP contribution < -0.4 is 0 Å². The highest BCUT2D eigenvalue weighted by Gasteiger charge is 2.04. The van der Waals surface area contributed by atoms with Gasteiger partial charge >= 0.3 is 0 Å². The second kappa shape index (κ2) is 3.37. The second-order valence-electron chi connectivity index (χ2n) is 1.16. The number of Topliss-reactive ketones (excluding diaryl/α,β-unsaturated/α-hetero) is 1. The van der Waals surface area contributed by atoms with Crippen LogP contribution in [-0.2, 0) is 4.79 Å². The summed E-state index contributed by atoms with van der Waals surface area (Å²) in [5.41, 5.74) is 0. The zero-order valence-corrected chi connectivity index (χ0v) is 6.18. The molecule has 1 atom stereocenters. The van der Waals surface area contributed by atoms with Crippen molar-refractivity contribution in [2.24, 2.45) is 0 Å². The van der Waals surface area contributed by atoms with E-state index in [1.54, 1.807) is 29.5 Å². The summed E-state index contributed by atoms with van der Waals surface area (Å²) in [5.74, 6) is -0.111. The van der Waals surface area contributed by atoms with Gasteiger partial charge in [-0.15, -0.1) is 0 Å². The number of ketones is 1. The molecule has 0 rings (SSSR count). The van der Waals surface area contributed by atoms with Crippen molar-refractivity contribution in [3.63, 3.8) is 0 Å². The summed E-state index contributed by atoms with van der Waals surface area (Å²) < 4.78 is -0.803. The van der Waals surface area contributed by atoms with Crippen LogP contribution in [0, 0.1) is 0 Å². The molecule has 0 aliphatic carbocycles. The molecular weight excluding hydrogens is 207 g/mol. The molecule has 0 aromatic carbocycles. The van der Waals surface area contributed by atoms with E-state index in [4.69, 9.17) is 5.11 Å². The molecule has 1 N–H and O–H groups in total. The average Bonchev–Trinajstić information content (AvgIpc) is 1.65. The molecule has 0 amide bonds. The van der Waals surface area contributed by atoms with Crippen LogP contribution in [0.4, 0.5) is 0 Å². The molecule has 0 heterocycles. The fourth-order valence-electron chi connectivity index (χ4n) is 0.168. The van der Waals surface area contributed by atoms with Gasteiger partial charge in [-0.2, -0.15) is 0 Å². The van der Waals surface area contributed by atoms with Crippen molar-refractivity contribution in [2.75, 3.05) is 0 Å². The van der Waals surface area contributed by atoms with E-state index in [1.165, 1.54) is 0 Å². The molecule has 0 saturated heterocycles. The molecule has 0 saturated carbocycles. The third kappa shape index (κ3) is 2.99. The average molecular weight is 214 g/mol. The zero-order valence-electron chi connectivity index (χ0n) is 4.02. The van der Waals surface area contributed by atoms with Gasteiger partial charge < -0.3 is 5.11 Å². The summed E-state index contributed by atoms with van der Waals surface area (Å²) in [6, 6.07) is 0. The molecule has 42 valence electrons. The van der Waals surface area contributed by atoms with Gasteiger partial charge in [0.15, 0.2) is 9.89 Å². The molecule has 0 aliphatic heterocycles. The number of aliphatic hydroxyl groups excluding tert-OH is 1. The molecule has 0 fully saturated rings. The van der Waals surface area contributed by atoms with Crippen molar-refractivity contribution in [2.45, 2.75) is 17.5 Å². The van der Waals surface area contributed by atoms with Crippen LogP contribution in [0.1, 0.15) is 13.3 Å². The lowest BCUT2D eigenvalue weighted by Gasteiger charge is -1.93. The van der Waals surface area contributed by atoms with Crippen molar-refractivity contribution in [3.05, 3.63) is 0 Å². The maximum absolute atomic E-state index is 10.3. The zero-order chi connectivity index (χ0) is 5.86. The van der Waals surface area contributed by atoms with Crippen molar-refractivity contribution in [1.29, 1.82) is 0 Å². The first kappa shape index (κ1) is 7.36. The third-order valence-electron chi connectivity index (χ3n) is 0.614. The summed E-state index contributed by atoms with van der Waals surface area (Å²) in [5, 5.41) is 8.46. The number of hydrogen-bond donors (Lipinski definition) is 1. The van der Waals surface area contributed by atoms with E-state index < -0.39 is 4.11 Å². The molecule has 0 bridgehead atoms. The lowest BCUT2D eigenvalue weighted by atomic mass is 10.3. The predicted octanol–water partition coefficient (Wildman–Crippen LogP) is 0.719. The number of carbonyl (C=O) groups is 1. The Hall–Kier alpha value is 0.360. The number of carbonyl (C=O) groups excluding carboxylic acids is 1. The van der Waals surface area contributed by atoms with Gasteiger partial charge in [0.05, 0.1) is 0 Å². The summed E-state index contributed by atoms with van der Waals surface area (Å²) >= 11 is 1.67. The quantitative estimate of drug-likeness (QED) is 0.543. The Morgan fingerprint density at radius 1 is 2.00 bits per heavy atom. The van der Waals surface area contributed by atoms with Gasteiger partial charge in [0.2, 0.25) is 0 Å². The van der Waals surface area contributed by atoms with Gasteiger partial charge in [-0.25, -0.2) is 0 Å². The van der Waals surface area contributed by atoms with Crippen LogP contribution >= 0.6 is 22.6 Å². The number of hydrogen-bond acceptors (Lipinski definition) is 2. The molecule has 0 spiro atoms. The van der Waals surface area contributed by atoms with E-state index in [1.807, 2.05) is 0 Å². The van der Waals surface area contributed by atoms with Crippen molar-refractivity contribution >= 4 is 28.4 Å². The molecule has 7 heavy (non-hydrogen) atoms. The largest absolute Gasteiger partial charge is 0.375 e. The summed E-state index contributed by atoms with van der Waals surface area (Å²) in [7, 11) is 0. The van der Waals surface area contributed by atoms with Crippen LogP contribution in [0.5, 0.6) is 0 Å². The minimum absolute atomic E-state index is 0.111. The molecular formula is C4H7IO2. The van der Waals surface area contributed by atoms with E-state index in [0.717, 1.165) is 0 Å². The van der Waals surface area contributed by atoms with Gasteiger partial charge in [0.1, 0.15) is 0 Å². The highest BCUT2D eigenvalue weighted by Crippen LogP contribution is 1.97. The summed E-state index contributed by atoms with van der Waals surface area (Å²) in [6.45, 7) is 1.73. The number of rotatable bonds is 2. The lowest BCUT2D eigenvalue weighted by molar-refractivity contribution is -0.122. The van der Waals surface area contributed by atoms with Crippen LogP contribution in [-0.4, -0.2) is 15.0 Å². The standard InChI is InChI=1S/C4H7IO2/c1-2-3(6)4(5)7/h4,7H,2H2,1H3/t4-/m1/s1. The molecule has 0 unspecified atom stereocenters. The fourth-order valence-corrected chi connectivity index (χ4v) is 0.609. The fraction of sp³-hybridized carbons (Fsp3) is 0.750. The topological polar surface area (TPSA) is 37.3 Å². The predicted molar refractivity (Wildman–Crippen MR) is 35.3 cm³/mol. The van der Waals surface area contributed by atoms with Crippen LogP contribution in [0.2, 0.25) is 0 Å². The van der Waals surface area contributed by atoms with Gasteiger partial charge in [-0.1, -0.05) is 6.92 Å². The van der Waals surface area contributed by atoms with E-state index in [9.17, 15) is 4.79 Å². The van der Waals surface area contributed by atoms with Crippen LogP contribution in [0.15, 0.2) is 0 Å². The Labute approximate surface area is 56.1 Å². The van der Waals surface area contributed by atoms with Gasteiger partial charge in [0, 0.05) is 6.42 Å². The third-order valence-corrected chi connectivity index (χ3v) is 1.31. The Morgan fingerprint density at radius 3 is 2.43 bits per heavy atom. The second-order valence-corrected chi connectivity index (χ2v) is 2.34. The maximum Gasteiger partial charge on any atom is 0.171 e. The van der Waals surface area contributed by atoms with E-state index in [2.05, 4.69) is 0 Å². The number of halogens is 1. The van der Waals surface area contributed by atoms with E-state index in [-0.39, 0.29) is 5.78 Å². The van der Waals surface area contributed by atoms with Crippen LogP contribution in [0.3, 0.4) is 0 Å². The molecule has 0 aromatic rings. The first-order valence-corrected chi connectivity index (χ1v) is 3.28. The molecule has 0 radical (unpaired) electrons. The normalized spacial score (nSPS) is 13.6. The van der Waals surface area contributed by atoms with Gasteiger partial charge in [-0.05, 0) is 22.6 Å². The van der Waals surface area contributed by atoms with Crippen molar-refractivity contribution in [1.82, 2.24) is 0 Å². The monoisotopic (exact) mass is 214 g/mol. The minimum Gasteiger partial charge on any atom is -0.375 e. The SMILES string of the molecule is CCC(=O)[C@@H](O)I. The molecule has 2 nitrogen and oxygen atoms in total. The molecule has 0 aliphatic rings. The highest BCUT2D eigenvalue weighted by molar-refractivity contribution is 14.1. The maximum atomic E-state index is 10.3. The van der Waals surface area contributed by atoms with E-state index >= 15 is 0 Å². The molecule has 3 heteroatoms. The van der Waals surface area contributed by atoms with Gasteiger partial charge in [0.25, 0.3) is 0 Å². The first-order chi connectivity index (χ1) is 3.18.